The minimum Gasteiger partial charge on any atom is -0.496 e. The van der Waals surface area contributed by atoms with Gasteiger partial charge in [0.05, 0.1) is 13.7 Å². The predicted molar refractivity (Wildman–Crippen MR) is 114 cm³/mol. The molecule has 8 heteroatoms. The fourth-order valence-electron chi connectivity index (χ4n) is 3.16. The lowest BCUT2D eigenvalue weighted by atomic mass is 10.2. The lowest BCUT2D eigenvalue weighted by Gasteiger charge is -2.11. The number of hydrogen-bond acceptors (Lipinski definition) is 4. The van der Waals surface area contributed by atoms with Crippen LogP contribution in [0.5, 0.6) is 5.75 Å². The summed E-state index contributed by atoms with van der Waals surface area (Å²) < 4.78 is 8.87. The Bertz CT molecular complexity index is 1140. The number of methoxy groups -OCH3 is 1. The quantitative estimate of drug-likeness (QED) is 0.493. The first-order chi connectivity index (χ1) is 14.7. The molecule has 4 rings (SSSR count). The summed E-state index contributed by atoms with van der Waals surface area (Å²) in [5.41, 5.74) is 2.12. The van der Waals surface area contributed by atoms with Gasteiger partial charge in [-0.3, -0.25) is 4.79 Å². The molecular formula is C22H20ClN5O2. The third kappa shape index (κ3) is 4.21. The summed E-state index contributed by atoms with van der Waals surface area (Å²) in [5.74, 6) is 0.995. The van der Waals surface area contributed by atoms with Gasteiger partial charge in [0.25, 0.3) is 5.91 Å². The Balaban J connectivity index is 1.60. The van der Waals surface area contributed by atoms with E-state index in [9.17, 15) is 4.79 Å². The maximum atomic E-state index is 12.9. The van der Waals surface area contributed by atoms with E-state index < -0.39 is 0 Å². The van der Waals surface area contributed by atoms with Crippen LogP contribution in [0.3, 0.4) is 0 Å². The van der Waals surface area contributed by atoms with Crippen molar-refractivity contribution in [1.82, 2.24) is 24.9 Å². The van der Waals surface area contributed by atoms with Gasteiger partial charge >= 0.3 is 0 Å². The molecule has 0 aliphatic heterocycles. The highest BCUT2D eigenvalue weighted by Crippen LogP contribution is 2.19. The van der Waals surface area contributed by atoms with E-state index in [0.29, 0.717) is 23.9 Å². The Morgan fingerprint density at radius 1 is 1.07 bits per heavy atom. The van der Waals surface area contributed by atoms with E-state index in [2.05, 4.69) is 15.6 Å². The van der Waals surface area contributed by atoms with Gasteiger partial charge < -0.3 is 14.6 Å². The SMILES string of the molecule is COc1ccccc1CNC(=O)c1nnn(Cc2ccc(Cl)cc2)c1-n1cccc1. The molecule has 0 saturated carbocycles. The largest absolute Gasteiger partial charge is 0.496 e. The first kappa shape index (κ1) is 19.7. The number of nitrogens with one attached hydrogen (secondary N) is 1. The summed E-state index contributed by atoms with van der Waals surface area (Å²) in [6.45, 7) is 0.773. The maximum absolute atomic E-state index is 12.9. The van der Waals surface area contributed by atoms with Gasteiger partial charge in [-0.05, 0) is 35.9 Å². The average molecular weight is 422 g/mol. The molecule has 7 nitrogen and oxygen atoms in total. The van der Waals surface area contributed by atoms with Gasteiger partial charge in [0.2, 0.25) is 0 Å². The zero-order chi connectivity index (χ0) is 20.9. The van der Waals surface area contributed by atoms with Crippen LogP contribution in [-0.4, -0.2) is 32.6 Å². The van der Waals surface area contributed by atoms with Crippen molar-refractivity contribution in [3.05, 3.63) is 94.9 Å². The van der Waals surface area contributed by atoms with Crippen LogP contribution in [0.25, 0.3) is 5.82 Å². The van der Waals surface area contributed by atoms with E-state index in [4.69, 9.17) is 16.3 Å². The normalized spacial score (nSPS) is 10.7. The molecule has 1 amide bonds. The number of para-hydroxylation sites is 1. The fraction of sp³-hybridized carbons (Fsp3) is 0.136. The van der Waals surface area contributed by atoms with Gasteiger partial charge in [-0.1, -0.05) is 47.1 Å². The Morgan fingerprint density at radius 2 is 1.80 bits per heavy atom. The van der Waals surface area contributed by atoms with Gasteiger partial charge in [-0.15, -0.1) is 5.10 Å². The lowest BCUT2D eigenvalue weighted by Crippen LogP contribution is -2.25. The van der Waals surface area contributed by atoms with Crippen LogP contribution in [0, 0.1) is 0 Å². The highest BCUT2D eigenvalue weighted by atomic mass is 35.5. The number of amides is 1. The summed E-state index contributed by atoms with van der Waals surface area (Å²) in [5, 5.41) is 12.0. The third-order valence-electron chi connectivity index (χ3n) is 4.65. The second-order valence-electron chi connectivity index (χ2n) is 6.63. The Kier molecular flexibility index (Phi) is 5.81. The molecule has 2 heterocycles. The summed E-state index contributed by atoms with van der Waals surface area (Å²) in [7, 11) is 1.60. The van der Waals surface area contributed by atoms with Crippen LogP contribution >= 0.6 is 11.6 Å². The number of benzene rings is 2. The smallest absolute Gasteiger partial charge is 0.276 e. The number of halogens is 1. The van der Waals surface area contributed by atoms with Crippen molar-refractivity contribution in [2.45, 2.75) is 13.1 Å². The van der Waals surface area contributed by atoms with Crippen molar-refractivity contribution < 1.29 is 9.53 Å². The Morgan fingerprint density at radius 3 is 2.53 bits per heavy atom. The van der Waals surface area contributed by atoms with Gasteiger partial charge in [0, 0.05) is 29.5 Å². The standard InChI is InChI=1S/C22H20ClN5O2/c1-30-19-7-3-2-6-17(19)14-24-21(29)20-22(27-12-4-5-13-27)28(26-25-20)15-16-8-10-18(23)11-9-16/h2-13H,14-15H2,1H3,(H,24,29). The first-order valence-electron chi connectivity index (χ1n) is 9.37. The maximum Gasteiger partial charge on any atom is 0.276 e. The number of carbonyl (C=O) groups is 1. The second kappa shape index (κ2) is 8.84. The van der Waals surface area contributed by atoms with Gasteiger partial charge in [0.15, 0.2) is 11.5 Å². The van der Waals surface area contributed by atoms with E-state index in [1.54, 1.807) is 11.8 Å². The van der Waals surface area contributed by atoms with Crippen molar-refractivity contribution in [3.63, 3.8) is 0 Å². The predicted octanol–water partition coefficient (Wildman–Crippen LogP) is 3.71. The molecule has 2 aromatic heterocycles. The highest BCUT2D eigenvalue weighted by molar-refractivity contribution is 6.30. The van der Waals surface area contributed by atoms with Gasteiger partial charge in [-0.2, -0.15) is 0 Å². The average Bonchev–Trinajstić information content (AvgIpc) is 3.43. The first-order valence-corrected chi connectivity index (χ1v) is 9.75. The van der Waals surface area contributed by atoms with Gasteiger partial charge in [-0.25, -0.2) is 4.68 Å². The van der Waals surface area contributed by atoms with Crippen LogP contribution in [0.4, 0.5) is 0 Å². The Labute approximate surface area is 178 Å². The molecule has 30 heavy (non-hydrogen) atoms. The number of rotatable bonds is 7. The third-order valence-corrected chi connectivity index (χ3v) is 4.90. The molecule has 2 aromatic carbocycles. The van der Waals surface area contributed by atoms with Crippen molar-refractivity contribution in [1.29, 1.82) is 0 Å². The van der Waals surface area contributed by atoms with E-state index in [-0.39, 0.29) is 11.6 Å². The molecule has 0 atom stereocenters. The summed E-state index contributed by atoms with van der Waals surface area (Å²) >= 11 is 5.98. The minimum absolute atomic E-state index is 0.245. The van der Waals surface area contributed by atoms with E-state index >= 15 is 0 Å². The van der Waals surface area contributed by atoms with Crippen LogP contribution in [-0.2, 0) is 13.1 Å². The van der Waals surface area contributed by atoms with E-state index in [1.807, 2.05) is 77.6 Å². The molecule has 0 aliphatic carbocycles. The van der Waals surface area contributed by atoms with Crippen molar-refractivity contribution in [2.24, 2.45) is 0 Å². The molecule has 0 saturated heterocycles. The summed E-state index contributed by atoms with van der Waals surface area (Å²) in [6, 6.07) is 18.8. The second-order valence-corrected chi connectivity index (χ2v) is 7.07. The number of carbonyl (C=O) groups excluding carboxylic acids is 1. The molecule has 152 valence electrons. The molecule has 4 aromatic rings. The van der Waals surface area contributed by atoms with Crippen LogP contribution < -0.4 is 10.1 Å². The zero-order valence-electron chi connectivity index (χ0n) is 16.3. The number of nitrogens with zero attached hydrogens (tertiary/aromatic N) is 4. The Hall–Kier alpha value is -3.58. The zero-order valence-corrected chi connectivity index (χ0v) is 17.1. The van der Waals surface area contributed by atoms with E-state index in [0.717, 1.165) is 16.9 Å². The highest BCUT2D eigenvalue weighted by Gasteiger charge is 2.21. The fourth-order valence-corrected chi connectivity index (χ4v) is 3.29. The molecule has 0 radical (unpaired) electrons. The number of hydrogen-bond donors (Lipinski definition) is 1. The van der Waals surface area contributed by atoms with Crippen molar-refractivity contribution in [2.75, 3.05) is 7.11 Å². The molecule has 0 spiro atoms. The van der Waals surface area contributed by atoms with Gasteiger partial charge in [0.1, 0.15) is 5.75 Å². The molecule has 1 N–H and O–H groups in total. The monoisotopic (exact) mass is 421 g/mol. The van der Waals surface area contributed by atoms with Crippen LogP contribution in [0.15, 0.2) is 73.1 Å². The molecule has 0 bridgehead atoms. The molecule has 0 aliphatic rings. The number of ether oxygens (including phenoxy) is 1. The van der Waals surface area contributed by atoms with Crippen LogP contribution in [0.2, 0.25) is 5.02 Å². The van der Waals surface area contributed by atoms with Crippen LogP contribution in [0.1, 0.15) is 21.6 Å². The molecule has 0 fully saturated rings. The minimum atomic E-state index is -0.313. The topological polar surface area (TPSA) is 74.0 Å². The molecular weight excluding hydrogens is 402 g/mol. The van der Waals surface area contributed by atoms with Crippen molar-refractivity contribution >= 4 is 17.5 Å². The van der Waals surface area contributed by atoms with Crippen molar-refractivity contribution in [3.8, 4) is 11.6 Å². The summed E-state index contributed by atoms with van der Waals surface area (Å²) in [4.78, 5) is 12.9. The lowest BCUT2D eigenvalue weighted by molar-refractivity contribution is 0.0945. The molecule has 0 unspecified atom stereocenters. The summed E-state index contributed by atoms with van der Waals surface area (Å²) in [6.07, 6.45) is 3.71. The van der Waals surface area contributed by atoms with E-state index in [1.165, 1.54) is 0 Å². The number of aromatic nitrogens is 4.